The molecule has 0 aromatic heterocycles. The summed E-state index contributed by atoms with van der Waals surface area (Å²) < 4.78 is 17.8. The van der Waals surface area contributed by atoms with Crippen molar-refractivity contribution in [3.63, 3.8) is 0 Å². The summed E-state index contributed by atoms with van der Waals surface area (Å²) in [6.45, 7) is 4.00. The monoisotopic (exact) mass is 268 g/mol. The van der Waals surface area contributed by atoms with E-state index in [1.54, 1.807) is 0 Å². The molecule has 0 fully saturated rings. The van der Waals surface area contributed by atoms with Crippen LogP contribution in [0.15, 0.2) is 0 Å². The summed E-state index contributed by atoms with van der Waals surface area (Å²) in [6, 6.07) is 0. The van der Waals surface area contributed by atoms with E-state index >= 15 is 0 Å². The summed E-state index contributed by atoms with van der Waals surface area (Å²) in [4.78, 5) is 43.1. The zero-order valence-electron chi connectivity index (χ0n) is 6.89. The Labute approximate surface area is 103 Å². The van der Waals surface area contributed by atoms with Gasteiger partial charge in [0.15, 0.2) is 0 Å². The molecule has 0 aromatic rings. The minimum atomic E-state index is -4.64. The van der Waals surface area contributed by atoms with Crippen molar-refractivity contribution in [2.75, 3.05) is 0 Å². The molecule has 0 saturated carbocycles. The van der Waals surface area contributed by atoms with E-state index in [0.29, 0.717) is 0 Å². The van der Waals surface area contributed by atoms with Gasteiger partial charge in [0, 0.05) is 0 Å². The van der Waals surface area contributed by atoms with Gasteiger partial charge in [0.1, 0.15) is 0 Å². The Balaban J connectivity index is -0.0000000292. The van der Waals surface area contributed by atoms with E-state index in [0.717, 1.165) is 0 Å². The second-order valence-electron chi connectivity index (χ2n) is 1.03. The summed E-state index contributed by atoms with van der Waals surface area (Å²) in [6.07, 6.45) is 0. The first-order valence-corrected chi connectivity index (χ1v) is 5.70. The molecule has 0 unspecified atom stereocenters. The molecule has 0 heterocycles. The van der Waals surface area contributed by atoms with Gasteiger partial charge in [-0.05, 0) is 0 Å². The van der Waals surface area contributed by atoms with Gasteiger partial charge in [-0.2, -0.15) is 0 Å². The van der Waals surface area contributed by atoms with E-state index in [9.17, 15) is 0 Å². The second-order valence-corrected chi connectivity index (χ2v) is 3.08. The molecule has 0 saturated heterocycles. The standard InChI is InChI=1S/C2H6.Na.2H3O4P.H2O.H/c1-2;;2*1-5(2,3)4;;/h1-2H3;;2*(H3,1,2,3,4);1H2;. The van der Waals surface area contributed by atoms with Crippen LogP contribution >= 0.6 is 15.6 Å². The first-order valence-electron chi connectivity index (χ1n) is 2.57. The van der Waals surface area contributed by atoms with Gasteiger partial charge < -0.3 is 34.8 Å². The van der Waals surface area contributed by atoms with E-state index in [4.69, 9.17) is 38.5 Å². The molecule has 0 radical (unpaired) electrons. The predicted molar refractivity (Wildman–Crippen MR) is 50.6 cm³/mol. The van der Waals surface area contributed by atoms with Crippen molar-refractivity contribution < 1.29 is 44.0 Å². The van der Waals surface area contributed by atoms with Crippen molar-refractivity contribution in [1.82, 2.24) is 0 Å². The SMILES string of the molecule is CC.O.O=P(O)(O)O.O=P(O)(O)O.[NaH]. The van der Waals surface area contributed by atoms with Crippen LogP contribution < -0.4 is 0 Å². The third-order valence-corrected chi connectivity index (χ3v) is 0. The molecule has 0 spiro atoms. The van der Waals surface area contributed by atoms with Crippen molar-refractivity contribution in [2.24, 2.45) is 0 Å². The molecular weight excluding hydrogens is 253 g/mol. The maximum atomic E-state index is 8.88. The van der Waals surface area contributed by atoms with E-state index in [-0.39, 0.29) is 35.0 Å². The Hall–Kier alpha value is 1.18. The summed E-state index contributed by atoms with van der Waals surface area (Å²) >= 11 is 0. The molecule has 0 atom stereocenters. The van der Waals surface area contributed by atoms with Crippen LogP contribution in [0.5, 0.6) is 0 Å². The summed E-state index contributed by atoms with van der Waals surface area (Å²) in [5.41, 5.74) is 0. The van der Waals surface area contributed by atoms with Crippen LogP contribution in [0.2, 0.25) is 0 Å². The number of phosphoric acid groups is 2. The molecule has 0 aromatic carbocycles. The Morgan fingerprint density at radius 1 is 0.714 bits per heavy atom. The van der Waals surface area contributed by atoms with E-state index in [2.05, 4.69) is 0 Å². The summed E-state index contributed by atoms with van der Waals surface area (Å²) in [7, 11) is -9.28. The molecule has 8 N–H and O–H groups in total. The van der Waals surface area contributed by atoms with E-state index in [1.165, 1.54) is 0 Å². The van der Waals surface area contributed by atoms with Gasteiger partial charge in [-0.1, -0.05) is 13.8 Å². The molecule has 0 aliphatic heterocycles. The van der Waals surface area contributed by atoms with Crippen molar-refractivity contribution in [3.05, 3.63) is 0 Å². The van der Waals surface area contributed by atoms with Gasteiger partial charge in [-0.15, -0.1) is 0 Å². The fourth-order valence-electron chi connectivity index (χ4n) is 0. The van der Waals surface area contributed by atoms with Gasteiger partial charge in [-0.3, -0.25) is 0 Å². The van der Waals surface area contributed by atoms with Gasteiger partial charge in [-0.25, -0.2) is 9.13 Å². The quantitative estimate of drug-likeness (QED) is 0.209. The Morgan fingerprint density at radius 2 is 0.714 bits per heavy atom. The first kappa shape index (κ1) is 29.5. The molecule has 0 aliphatic rings. The van der Waals surface area contributed by atoms with Crippen LogP contribution in [0.4, 0.5) is 0 Å². The number of hydrogen-bond acceptors (Lipinski definition) is 2. The Bertz CT molecular complexity index is 133. The minimum absolute atomic E-state index is 0. The van der Waals surface area contributed by atoms with Crippen molar-refractivity contribution in [2.45, 2.75) is 13.8 Å². The predicted octanol–water partition coefficient (Wildman–Crippen LogP) is -2.30. The molecule has 0 bridgehead atoms. The van der Waals surface area contributed by atoms with Crippen LogP contribution in [0.1, 0.15) is 13.8 Å². The van der Waals surface area contributed by atoms with Gasteiger partial charge >= 0.3 is 45.2 Å². The number of hydrogen-bond donors (Lipinski definition) is 6. The topological polar surface area (TPSA) is 187 Å². The summed E-state index contributed by atoms with van der Waals surface area (Å²) in [5, 5.41) is 0. The van der Waals surface area contributed by atoms with Crippen LogP contribution in [0.3, 0.4) is 0 Å². The molecular formula is C2H15NaO9P2. The fraction of sp³-hybridized carbons (Fsp3) is 1.00. The molecule has 88 valence electrons. The molecule has 14 heavy (non-hydrogen) atoms. The zero-order chi connectivity index (χ0) is 11.0. The van der Waals surface area contributed by atoms with Crippen molar-refractivity contribution >= 4 is 45.2 Å². The van der Waals surface area contributed by atoms with Crippen LogP contribution in [0.25, 0.3) is 0 Å². The Kier molecular flexibility index (Phi) is 29.8. The van der Waals surface area contributed by atoms with Gasteiger partial charge in [0.2, 0.25) is 0 Å². The molecule has 12 heteroatoms. The third-order valence-electron chi connectivity index (χ3n) is 0. The first-order chi connectivity index (χ1) is 5.00. The second kappa shape index (κ2) is 14.2. The van der Waals surface area contributed by atoms with Crippen molar-refractivity contribution in [3.8, 4) is 0 Å². The molecule has 0 aliphatic carbocycles. The van der Waals surface area contributed by atoms with Crippen LogP contribution in [0, 0.1) is 0 Å². The summed E-state index contributed by atoms with van der Waals surface area (Å²) in [5.74, 6) is 0. The number of rotatable bonds is 0. The molecule has 0 rings (SSSR count). The Morgan fingerprint density at radius 3 is 0.714 bits per heavy atom. The third kappa shape index (κ3) is 1400. The van der Waals surface area contributed by atoms with Crippen molar-refractivity contribution in [1.29, 1.82) is 0 Å². The average Bonchev–Trinajstić information content (AvgIpc) is 1.59. The molecule has 0 amide bonds. The molecule has 9 nitrogen and oxygen atoms in total. The van der Waals surface area contributed by atoms with Gasteiger partial charge in [0.05, 0.1) is 0 Å². The zero-order valence-corrected chi connectivity index (χ0v) is 8.68. The van der Waals surface area contributed by atoms with Crippen LogP contribution in [-0.4, -0.2) is 64.4 Å². The van der Waals surface area contributed by atoms with E-state index in [1.807, 2.05) is 13.8 Å². The van der Waals surface area contributed by atoms with E-state index < -0.39 is 15.6 Å². The average molecular weight is 268 g/mol. The fourth-order valence-corrected chi connectivity index (χ4v) is 0. The van der Waals surface area contributed by atoms with Crippen LogP contribution in [-0.2, 0) is 9.13 Å². The normalized spacial score (nSPS) is 8.86. The maximum absolute atomic E-state index is 8.88. The van der Waals surface area contributed by atoms with Gasteiger partial charge in [0.25, 0.3) is 0 Å².